The van der Waals surface area contributed by atoms with Crippen LogP contribution in [0.2, 0.25) is 10.3 Å². The van der Waals surface area contributed by atoms with Gasteiger partial charge in [-0.05, 0) is 53.4 Å². The number of benzene rings is 2. The van der Waals surface area contributed by atoms with Crippen LogP contribution in [0.3, 0.4) is 0 Å². The Morgan fingerprint density at radius 1 is 1.04 bits per heavy atom. The number of aryl methyl sites for hydroxylation is 1. The summed E-state index contributed by atoms with van der Waals surface area (Å²) in [6, 6.07) is 19.2. The van der Waals surface area contributed by atoms with E-state index < -0.39 is 0 Å². The summed E-state index contributed by atoms with van der Waals surface area (Å²) < 4.78 is 0.977. The molecule has 1 atom stereocenters. The first-order valence-corrected chi connectivity index (χ1v) is 9.64. The molecule has 0 bridgehead atoms. The van der Waals surface area contributed by atoms with Crippen LogP contribution in [0.4, 0.5) is 0 Å². The van der Waals surface area contributed by atoms with E-state index in [2.05, 4.69) is 20.9 Å². The highest BCUT2D eigenvalue weighted by molar-refractivity contribution is 9.10. The van der Waals surface area contributed by atoms with Gasteiger partial charge in [-0.15, -0.1) is 0 Å². The van der Waals surface area contributed by atoms with Crippen LogP contribution >= 0.6 is 39.1 Å². The zero-order valence-electron chi connectivity index (χ0n) is 14.0. The van der Waals surface area contributed by atoms with Crippen molar-refractivity contribution in [3.05, 3.63) is 97.7 Å². The van der Waals surface area contributed by atoms with Crippen molar-refractivity contribution in [3.8, 4) is 0 Å². The van der Waals surface area contributed by atoms with Gasteiger partial charge < -0.3 is 0 Å². The summed E-state index contributed by atoms with van der Waals surface area (Å²) in [5.41, 5.74) is 3.81. The Morgan fingerprint density at radius 2 is 1.65 bits per heavy atom. The first-order valence-electron chi connectivity index (χ1n) is 8.09. The minimum absolute atomic E-state index is 0.0833. The molecule has 0 amide bonds. The molecule has 0 radical (unpaired) electrons. The lowest BCUT2D eigenvalue weighted by Gasteiger charge is -2.19. The van der Waals surface area contributed by atoms with Gasteiger partial charge in [-0.25, -0.2) is 4.98 Å². The fourth-order valence-corrected chi connectivity index (χ4v) is 3.79. The number of Topliss-reactive ketones (excluding diaryl/α,β-unsaturated/α-hetero) is 1. The molecule has 0 aliphatic carbocycles. The topological polar surface area (TPSA) is 30.0 Å². The summed E-state index contributed by atoms with van der Waals surface area (Å²) in [5.74, 6) is -0.269. The number of hydrogen-bond donors (Lipinski definition) is 0. The number of rotatable bonds is 5. The second kappa shape index (κ2) is 8.34. The van der Waals surface area contributed by atoms with E-state index >= 15 is 0 Å². The standard InChI is InChI=1S/C21H16BrCl2NO/c1-13-4-2-3-5-17(13)21(15-6-8-16(22)9-7-15)18(26)10-14-11-19(23)25-20(24)12-14/h2-9,11-12,21H,10H2,1H3. The molecule has 3 rings (SSSR count). The van der Waals surface area contributed by atoms with Gasteiger partial charge in [0.05, 0.1) is 5.92 Å². The summed E-state index contributed by atoms with van der Waals surface area (Å²) >= 11 is 15.4. The van der Waals surface area contributed by atoms with Crippen LogP contribution in [-0.2, 0) is 11.2 Å². The average molecular weight is 449 g/mol. The molecule has 0 aliphatic heterocycles. The fourth-order valence-electron chi connectivity index (χ4n) is 3.02. The molecule has 0 fully saturated rings. The van der Waals surface area contributed by atoms with Crippen molar-refractivity contribution in [1.82, 2.24) is 4.98 Å². The van der Waals surface area contributed by atoms with Gasteiger partial charge in [-0.1, -0.05) is 75.5 Å². The molecule has 1 heterocycles. The zero-order chi connectivity index (χ0) is 18.7. The summed E-state index contributed by atoms with van der Waals surface area (Å²) in [5, 5.41) is 0.577. The molecular formula is C21H16BrCl2NO. The Labute approximate surface area is 171 Å². The minimum Gasteiger partial charge on any atom is -0.298 e. The molecule has 0 spiro atoms. The highest BCUT2D eigenvalue weighted by Crippen LogP contribution is 2.30. The first-order chi connectivity index (χ1) is 12.4. The van der Waals surface area contributed by atoms with Crippen LogP contribution < -0.4 is 0 Å². The van der Waals surface area contributed by atoms with Gasteiger partial charge in [0.15, 0.2) is 0 Å². The highest BCUT2D eigenvalue weighted by Gasteiger charge is 2.24. The fraction of sp³-hybridized carbons (Fsp3) is 0.143. The molecule has 0 N–H and O–H groups in total. The molecule has 132 valence electrons. The van der Waals surface area contributed by atoms with Gasteiger partial charge in [-0.3, -0.25) is 4.79 Å². The van der Waals surface area contributed by atoms with Gasteiger partial charge in [0, 0.05) is 10.9 Å². The van der Waals surface area contributed by atoms with Crippen molar-refractivity contribution in [3.63, 3.8) is 0 Å². The zero-order valence-corrected chi connectivity index (χ0v) is 17.1. The van der Waals surface area contributed by atoms with Crippen molar-refractivity contribution < 1.29 is 4.79 Å². The van der Waals surface area contributed by atoms with Crippen molar-refractivity contribution in [2.45, 2.75) is 19.3 Å². The van der Waals surface area contributed by atoms with Gasteiger partial charge in [0.1, 0.15) is 16.1 Å². The lowest BCUT2D eigenvalue weighted by Crippen LogP contribution is -2.17. The quantitative estimate of drug-likeness (QED) is 0.422. The predicted molar refractivity (Wildman–Crippen MR) is 110 cm³/mol. The minimum atomic E-state index is -0.352. The van der Waals surface area contributed by atoms with Gasteiger partial charge in [-0.2, -0.15) is 0 Å². The van der Waals surface area contributed by atoms with Crippen LogP contribution in [0.5, 0.6) is 0 Å². The van der Waals surface area contributed by atoms with E-state index in [0.29, 0.717) is 0 Å². The molecule has 26 heavy (non-hydrogen) atoms. The molecule has 0 saturated carbocycles. The summed E-state index contributed by atoms with van der Waals surface area (Å²) in [6.07, 6.45) is 0.233. The van der Waals surface area contributed by atoms with E-state index in [1.165, 1.54) is 0 Å². The van der Waals surface area contributed by atoms with E-state index in [4.69, 9.17) is 23.2 Å². The Kier molecular flexibility index (Phi) is 6.13. The Bertz CT molecular complexity index is 921. The number of pyridine rings is 1. The molecular weight excluding hydrogens is 433 g/mol. The predicted octanol–water partition coefficient (Wildman–Crippen LogP) is 6.40. The van der Waals surface area contributed by atoms with Crippen LogP contribution in [0, 0.1) is 6.92 Å². The number of hydrogen-bond acceptors (Lipinski definition) is 2. The number of halogens is 3. The van der Waals surface area contributed by atoms with E-state index in [1.54, 1.807) is 12.1 Å². The smallest absolute Gasteiger partial charge is 0.149 e. The second-order valence-corrected chi connectivity index (χ2v) is 7.80. The van der Waals surface area contributed by atoms with Gasteiger partial charge in [0.2, 0.25) is 0 Å². The maximum absolute atomic E-state index is 13.3. The molecule has 2 aromatic carbocycles. The van der Waals surface area contributed by atoms with E-state index in [0.717, 1.165) is 26.7 Å². The molecule has 5 heteroatoms. The summed E-state index contributed by atoms with van der Waals surface area (Å²) in [4.78, 5) is 17.2. The van der Waals surface area contributed by atoms with Gasteiger partial charge >= 0.3 is 0 Å². The molecule has 0 saturated heterocycles. The molecule has 1 unspecified atom stereocenters. The summed E-state index contributed by atoms with van der Waals surface area (Å²) in [7, 11) is 0. The Morgan fingerprint density at radius 3 is 2.27 bits per heavy atom. The normalized spacial score (nSPS) is 12.0. The number of carbonyl (C=O) groups excluding carboxylic acids is 1. The van der Waals surface area contributed by atoms with E-state index in [-0.39, 0.29) is 28.4 Å². The molecule has 2 nitrogen and oxygen atoms in total. The van der Waals surface area contributed by atoms with Crippen LogP contribution in [0.1, 0.15) is 28.2 Å². The van der Waals surface area contributed by atoms with E-state index in [9.17, 15) is 4.79 Å². The van der Waals surface area contributed by atoms with Crippen LogP contribution in [0.25, 0.3) is 0 Å². The third-order valence-corrected chi connectivity index (χ3v) is 5.14. The van der Waals surface area contributed by atoms with E-state index in [1.807, 2.05) is 55.5 Å². The number of aromatic nitrogens is 1. The Hall–Kier alpha value is -1.68. The first kappa shape index (κ1) is 19.1. The number of carbonyl (C=O) groups is 1. The Balaban J connectivity index is 2.01. The molecule has 0 aliphatic rings. The average Bonchev–Trinajstić information content (AvgIpc) is 2.57. The molecule has 3 aromatic rings. The van der Waals surface area contributed by atoms with Crippen molar-refractivity contribution >= 4 is 44.9 Å². The van der Waals surface area contributed by atoms with Gasteiger partial charge in [0.25, 0.3) is 0 Å². The number of nitrogens with zero attached hydrogens (tertiary/aromatic N) is 1. The molecule has 1 aromatic heterocycles. The van der Waals surface area contributed by atoms with Crippen molar-refractivity contribution in [2.24, 2.45) is 0 Å². The highest BCUT2D eigenvalue weighted by atomic mass is 79.9. The van der Waals surface area contributed by atoms with Crippen molar-refractivity contribution in [1.29, 1.82) is 0 Å². The second-order valence-electron chi connectivity index (χ2n) is 6.11. The van der Waals surface area contributed by atoms with Crippen LogP contribution in [-0.4, -0.2) is 10.8 Å². The largest absolute Gasteiger partial charge is 0.298 e. The number of ketones is 1. The van der Waals surface area contributed by atoms with Crippen molar-refractivity contribution in [2.75, 3.05) is 0 Å². The third kappa shape index (κ3) is 4.53. The van der Waals surface area contributed by atoms with Crippen LogP contribution in [0.15, 0.2) is 65.1 Å². The lowest BCUT2D eigenvalue weighted by atomic mass is 9.83. The monoisotopic (exact) mass is 447 g/mol. The third-order valence-electron chi connectivity index (χ3n) is 4.23. The summed E-state index contributed by atoms with van der Waals surface area (Å²) in [6.45, 7) is 2.02. The lowest BCUT2D eigenvalue weighted by molar-refractivity contribution is -0.119. The maximum atomic E-state index is 13.3. The maximum Gasteiger partial charge on any atom is 0.149 e. The SMILES string of the molecule is Cc1ccccc1C(C(=O)Cc1cc(Cl)nc(Cl)c1)c1ccc(Br)cc1.